The Morgan fingerprint density at radius 2 is 1.95 bits per heavy atom. The maximum atomic E-state index is 13.0. The first-order valence-electron chi connectivity index (χ1n) is 11.8. The molecule has 12 heteroatoms. The van der Waals surface area contributed by atoms with E-state index in [4.69, 9.17) is 4.74 Å². The number of aromatic amines is 1. The highest BCUT2D eigenvalue weighted by molar-refractivity contribution is 7.89. The number of hydrogen-bond donors (Lipinski definition) is 3. The van der Waals surface area contributed by atoms with Crippen LogP contribution in [0, 0.1) is 5.82 Å². The summed E-state index contributed by atoms with van der Waals surface area (Å²) in [4.78, 5) is 33.4. The molecular formula is C25H28FN5O5S. The number of H-pyrrole nitrogens is 1. The molecule has 1 fully saturated rings. The van der Waals surface area contributed by atoms with Crippen LogP contribution in [0.5, 0.6) is 11.5 Å². The van der Waals surface area contributed by atoms with Crippen molar-refractivity contribution in [1.29, 1.82) is 0 Å². The number of amides is 1. The van der Waals surface area contributed by atoms with Crippen molar-refractivity contribution in [3.8, 4) is 11.5 Å². The number of rotatable bonds is 8. The van der Waals surface area contributed by atoms with Gasteiger partial charge in [-0.05, 0) is 87.3 Å². The Morgan fingerprint density at radius 3 is 2.62 bits per heavy atom. The Morgan fingerprint density at radius 1 is 1.22 bits per heavy atom. The van der Waals surface area contributed by atoms with E-state index in [0.29, 0.717) is 36.0 Å². The molecule has 3 N–H and O–H groups in total. The highest BCUT2D eigenvalue weighted by Crippen LogP contribution is 2.28. The minimum Gasteiger partial charge on any atom is -0.456 e. The second kappa shape index (κ2) is 11.2. The second-order valence-electron chi connectivity index (χ2n) is 8.77. The zero-order chi connectivity index (χ0) is 26.6. The molecule has 2 atom stereocenters. The van der Waals surface area contributed by atoms with Gasteiger partial charge in [-0.15, -0.1) is 0 Å². The molecule has 37 heavy (non-hydrogen) atoms. The number of hydrogen-bond acceptors (Lipinski definition) is 7. The highest BCUT2D eigenvalue weighted by atomic mass is 32.2. The molecule has 1 aliphatic heterocycles. The number of benzene rings is 1. The van der Waals surface area contributed by atoms with E-state index in [2.05, 4.69) is 20.0 Å². The van der Waals surface area contributed by atoms with Gasteiger partial charge in [-0.1, -0.05) is 0 Å². The third kappa shape index (κ3) is 6.40. The van der Waals surface area contributed by atoms with Gasteiger partial charge in [-0.3, -0.25) is 14.5 Å². The highest BCUT2D eigenvalue weighted by Gasteiger charge is 2.29. The lowest BCUT2D eigenvalue weighted by Crippen LogP contribution is -2.46. The van der Waals surface area contributed by atoms with Gasteiger partial charge in [-0.25, -0.2) is 22.5 Å². The van der Waals surface area contributed by atoms with Crippen LogP contribution in [0.2, 0.25) is 0 Å². The Hall–Kier alpha value is -3.61. The molecule has 0 bridgehead atoms. The van der Waals surface area contributed by atoms with E-state index in [1.54, 1.807) is 19.1 Å². The van der Waals surface area contributed by atoms with E-state index in [9.17, 15) is 22.4 Å². The largest absolute Gasteiger partial charge is 0.456 e. The van der Waals surface area contributed by atoms with Crippen LogP contribution in [0.4, 0.5) is 10.2 Å². The first-order valence-corrected chi connectivity index (χ1v) is 13.2. The number of carbonyl (C=O) groups is 1. The molecule has 1 saturated heterocycles. The van der Waals surface area contributed by atoms with Crippen molar-refractivity contribution in [2.24, 2.45) is 0 Å². The average Bonchev–Trinajstić information content (AvgIpc) is 2.91. The zero-order valence-corrected chi connectivity index (χ0v) is 21.2. The van der Waals surface area contributed by atoms with Crippen LogP contribution >= 0.6 is 0 Å². The SMILES string of the molecule is CNS(=O)(=O)c1cc(C2CCCN(C(C)C(=O)Nc3ccc(Oc4ccc(F)cc4)cn3)C2)c[nH]c1=O. The molecule has 2 unspecified atom stereocenters. The zero-order valence-electron chi connectivity index (χ0n) is 20.4. The minimum absolute atomic E-state index is 0.0484. The molecule has 0 aliphatic carbocycles. The molecule has 2 aromatic heterocycles. The van der Waals surface area contributed by atoms with Crippen molar-refractivity contribution in [3.63, 3.8) is 0 Å². The monoisotopic (exact) mass is 529 g/mol. The number of anilines is 1. The van der Waals surface area contributed by atoms with E-state index < -0.39 is 21.6 Å². The fraction of sp³-hybridized carbons (Fsp3) is 0.320. The maximum absolute atomic E-state index is 13.0. The predicted octanol–water partition coefficient (Wildman–Crippen LogP) is 2.82. The second-order valence-corrected chi connectivity index (χ2v) is 10.6. The lowest BCUT2D eigenvalue weighted by Gasteiger charge is -2.36. The Labute approximate surface area is 213 Å². The minimum atomic E-state index is -3.89. The standard InChI is InChI=1S/C25H28FN5O5S/c1-16(24(32)30-23-10-9-21(14-28-23)36-20-7-5-19(26)6-8-20)31-11-3-4-17(15-31)18-12-22(25(33)29-13-18)37(34,35)27-2/h5-10,12-14,16-17,27H,3-4,11,15H2,1-2H3,(H,29,33)(H,28,30,32). The predicted molar refractivity (Wildman–Crippen MR) is 136 cm³/mol. The van der Waals surface area contributed by atoms with Gasteiger partial charge < -0.3 is 15.0 Å². The molecule has 3 heterocycles. The average molecular weight is 530 g/mol. The summed E-state index contributed by atoms with van der Waals surface area (Å²) in [5.74, 6) is 0.624. The smallest absolute Gasteiger partial charge is 0.268 e. The van der Waals surface area contributed by atoms with Crippen molar-refractivity contribution in [2.75, 3.05) is 25.5 Å². The van der Waals surface area contributed by atoms with Crippen molar-refractivity contribution in [3.05, 3.63) is 76.6 Å². The number of nitrogens with one attached hydrogen (secondary N) is 3. The number of ether oxygens (including phenoxy) is 1. The topological polar surface area (TPSA) is 133 Å². The molecule has 0 saturated carbocycles. The summed E-state index contributed by atoms with van der Waals surface area (Å²) in [6.07, 6.45) is 4.61. The lowest BCUT2D eigenvalue weighted by atomic mass is 9.91. The van der Waals surface area contributed by atoms with Gasteiger partial charge in [0.1, 0.15) is 28.0 Å². The molecule has 1 aliphatic rings. The molecule has 1 aromatic carbocycles. The maximum Gasteiger partial charge on any atom is 0.268 e. The Bertz CT molecular complexity index is 1410. The molecule has 196 valence electrons. The van der Waals surface area contributed by atoms with Crippen LogP contribution in [0.1, 0.15) is 31.2 Å². The molecule has 10 nitrogen and oxygen atoms in total. The number of pyridine rings is 2. The number of halogens is 1. The third-order valence-corrected chi connectivity index (χ3v) is 7.76. The van der Waals surface area contributed by atoms with Gasteiger partial charge in [-0.2, -0.15) is 0 Å². The van der Waals surface area contributed by atoms with Crippen LogP contribution in [0.3, 0.4) is 0 Å². The number of likely N-dealkylation sites (tertiary alicyclic amines) is 1. The quantitative estimate of drug-likeness (QED) is 0.409. The molecule has 3 aromatic rings. The van der Waals surface area contributed by atoms with Crippen molar-refractivity contribution >= 4 is 21.7 Å². The summed E-state index contributed by atoms with van der Waals surface area (Å²) in [5.41, 5.74) is 0.0178. The van der Waals surface area contributed by atoms with E-state index in [1.165, 1.54) is 49.8 Å². The number of carbonyl (C=O) groups excluding carboxylic acids is 1. The van der Waals surface area contributed by atoms with Crippen LogP contribution in [-0.4, -0.2) is 55.4 Å². The summed E-state index contributed by atoms with van der Waals surface area (Å²) in [6, 6.07) is 9.81. The fourth-order valence-electron chi connectivity index (χ4n) is 4.20. The fourth-order valence-corrected chi connectivity index (χ4v) is 5.02. The summed E-state index contributed by atoms with van der Waals surface area (Å²) >= 11 is 0. The van der Waals surface area contributed by atoms with Crippen molar-refractivity contribution in [1.82, 2.24) is 19.6 Å². The number of piperidine rings is 1. The van der Waals surface area contributed by atoms with Gasteiger partial charge >= 0.3 is 0 Å². The van der Waals surface area contributed by atoms with E-state index >= 15 is 0 Å². The summed E-state index contributed by atoms with van der Waals surface area (Å²) in [7, 11) is -2.64. The molecule has 0 spiro atoms. The van der Waals surface area contributed by atoms with Gasteiger partial charge in [0.2, 0.25) is 15.9 Å². The van der Waals surface area contributed by atoms with E-state index in [0.717, 1.165) is 12.8 Å². The summed E-state index contributed by atoms with van der Waals surface area (Å²) < 4.78 is 45.2. The Kier molecular flexibility index (Phi) is 8.00. The first-order chi connectivity index (χ1) is 17.7. The van der Waals surface area contributed by atoms with E-state index in [-0.39, 0.29) is 22.5 Å². The van der Waals surface area contributed by atoms with Crippen LogP contribution in [0.25, 0.3) is 0 Å². The molecular weight excluding hydrogens is 501 g/mol. The number of aromatic nitrogens is 2. The summed E-state index contributed by atoms with van der Waals surface area (Å²) in [6.45, 7) is 3.03. The number of sulfonamides is 1. The molecule has 4 rings (SSSR count). The van der Waals surface area contributed by atoms with Gasteiger partial charge in [0.05, 0.1) is 12.2 Å². The van der Waals surface area contributed by atoms with Gasteiger partial charge in [0, 0.05) is 12.7 Å². The van der Waals surface area contributed by atoms with Crippen molar-refractivity contribution < 1.29 is 22.3 Å². The van der Waals surface area contributed by atoms with Crippen molar-refractivity contribution in [2.45, 2.75) is 36.6 Å². The van der Waals surface area contributed by atoms with Crippen LogP contribution < -0.4 is 20.3 Å². The first kappa shape index (κ1) is 26.5. The number of nitrogens with zero attached hydrogens (tertiary/aromatic N) is 2. The molecule has 0 radical (unpaired) electrons. The van der Waals surface area contributed by atoms with Crippen LogP contribution in [-0.2, 0) is 14.8 Å². The van der Waals surface area contributed by atoms with Gasteiger partial charge in [0.15, 0.2) is 0 Å². The van der Waals surface area contributed by atoms with E-state index in [1.807, 2.05) is 4.90 Å². The Balaban J connectivity index is 1.39. The van der Waals surface area contributed by atoms with Gasteiger partial charge in [0.25, 0.3) is 5.56 Å². The summed E-state index contributed by atoms with van der Waals surface area (Å²) in [5, 5.41) is 2.80. The lowest BCUT2D eigenvalue weighted by molar-refractivity contribution is -0.121. The van der Waals surface area contributed by atoms with Crippen LogP contribution in [0.15, 0.2) is 64.5 Å². The normalized spacial score (nSPS) is 17.2. The third-order valence-electron chi connectivity index (χ3n) is 6.34. The molecule has 1 amide bonds.